The molecule has 0 saturated carbocycles. The van der Waals surface area contributed by atoms with Crippen LogP contribution in [0.4, 0.5) is 0 Å². The molecule has 0 heterocycles. The quantitative estimate of drug-likeness (QED) is 0.759. The van der Waals surface area contributed by atoms with Crippen molar-refractivity contribution in [3.05, 3.63) is 35.4 Å². The fraction of sp³-hybridized carbons (Fsp3) is 0.538. The molecule has 0 fully saturated rings. The Kier molecular flexibility index (Phi) is 2.36. The predicted octanol–water partition coefficient (Wildman–Crippen LogP) is 3.08. The highest BCUT2D eigenvalue weighted by molar-refractivity contribution is 5.36. The Balaban J connectivity index is 2.33. The monoisotopic (exact) mass is 190 g/mol. The molecule has 0 radical (unpaired) electrons. The second-order valence-corrected chi connectivity index (χ2v) is 4.68. The maximum atomic E-state index is 10.2. The summed E-state index contributed by atoms with van der Waals surface area (Å²) < 4.78 is 0. The number of hydrogen-bond acceptors (Lipinski definition) is 1. The highest BCUT2D eigenvalue weighted by Gasteiger charge is 2.40. The topological polar surface area (TPSA) is 20.2 Å². The molecule has 1 aromatic carbocycles. The van der Waals surface area contributed by atoms with E-state index in [2.05, 4.69) is 32.0 Å². The summed E-state index contributed by atoms with van der Waals surface area (Å²) in [6.07, 6.45) is 3.00. The molecule has 76 valence electrons. The number of aliphatic hydroxyl groups excluding tert-OH is 1. The van der Waals surface area contributed by atoms with Gasteiger partial charge in [-0.2, -0.15) is 0 Å². The Morgan fingerprint density at radius 2 is 2.14 bits per heavy atom. The van der Waals surface area contributed by atoms with Crippen molar-refractivity contribution in [2.45, 2.75) is 39.2 Å². The zero-order valence-electron chi connectivity index (χ0n) is 8.96. The molecule has 1 aliphatic carbocycles. The SMILES string of the molecule is CCCC1(C)Cc2ccccc2C1O. The lowest BCUT2D eigenvalue weighted by molar-refractivity contribution is 0.0455. The van der Waals surface area contributed by atoms with Crippen LogP contribution in [0.15, 0.2) is 24.3 Å². The van der Waals surface area contributed by atoms with Gasteiger partial charge in [-0.05, 0) is 24.0 Å². The van der Waals surface area contributed by atoms with Crippen LogP contribution < -0.4 is 0 Å². The maximum absolute atomic E-state index is 10.2. The van der Waals surface area contributed by atoms with Gasteiger partial charge < -0.3 is 5.11 Å². The van der Waals surface area contributed by atoms with Gasteiger partial charge >= 0.3 is 0 Å². The largest absolute Gasteiger partial charge is 0.388 e. The Bertz CT molecular complexity index is 332. The predicted molar refractivity (Wildman–Crippen MR) is 58.1 cm³/mol. The highest BCUT2D eigenvalue weighted by atomic mass is 16.3. The number of benzene rings is 1. The molecule has 2 atom stereocenters. The third-order valence-electron chi connectivity index (χ3n) is 3.43. The number of aliphatic hydroxyl groups is 1. The Morgan fingerprint density at radius 1 is 1.43 bits per heavy atom. The van der Waals surface area contributed by atoms with Crippen molar-refractivity contribution in [2.24, 2.45) is 5.41 Å². The molecule has 1 aromatic rings. The molecular formula is C13H18O. The van der Waals surface area contributed by atoms with Crippen LogP contribution in [0.2, 0.25) is 0 Å². The first-order valence-corrected chi connectivity index (χ1v) is 5.43. The standard InChI is InChI=1S/C13H18O/c1-3-8-13(2)9-10-6-4-5-7-11(10)12(13)14/h4-7,12,14H,3,8-9H2,1-2H3. The Morgan fingerprint density at radius 3 is 2.79 bits per heavy atom. The van der Waals surface area contributed by atoms with Gasteiger partial charge in [-0.15, -0.1) is 0 Å². The lowest BCUT2D eigenvalue weighted by Gasteiger charge is -2.27. The summed E-state index contributed by atoms with van der Waals surface area (Å²) in [5.74, 6) is 0. The normalized spacial score (nSPS) is 30.4. The van der Waals surface area contributed by atoms with Crippen molar-refractivity contribution in [3.63, 3.8) is 0 Å². The van der Waals surface area contributed by atoms with E-state index >= 15 is 0 Å². The van der Waals surface area contributed by atoms with Gasteiger partial charge in [0.25, 0.3) is 0 Å². The number of fused-ring (bicyclic) bond motifs is 1. The van der Waals surface area contributed by atoms with Crippen LogP contribution in [-0.2, 0) is 6.42 Å². The number of rotatable bonds is 2. The maximum Gasteiger partial charge on any atom is 0.0849 e. The summed E-state index contributed by atoms with van der Waals surface area (Å²) in [5.41, 5.74) is 2.54. The summed E-state index contributed by atoms with van der Waals surface area (Å²) >= 11 is 0. The zero-order chi connectivity index (χ0) is 10.2. The minimum atomic E-state index is -0.265. The minimum absolute atomic E-state index is 0.0679. The summed E-state index contributed by atoms with van der Waals surface area (Å²) in [4.78, 5) is 0. The molecule has 1 N–H and O–H groups in total. The smallest absolute Gasteiger partial charge is 0.0849 e. The van der Waals surface area contributed by atoms with Gasteiger partial charge in [0.15, 0.2) is 0 Å². The lowest BCUT2D eigenvalue weighted by atomic mass is 9.81. The minimum Gasteiger partial charge on any atom is -0.388 e. The van der Waals surface area contributed by atoms with Crippen molar-refractivity contribution in [2.75, 3.05) is 0 Å². The highest BCUT2D eigenvalue weighted by Crippen LogP contribution is 2.47. The molecule has 2 unspecified atom stereocenters. The van der Waals surface area contributed by atoms with E-state index in [9.17, 15) is 5.11 Å². The molecule has 1 aliphatic rings. The molecule has 0 saturated heterocycles. The van der Waals surface area contributed by atoms with Gasteiger partial charge in [-0.25, -0.2) is 0 Å². The van der Waals surface area contributed by atoms with Gasteiger partial charge in [0.1, 0.15) is 0 Å². The fourth-order valence-corrected chi connectivity index (χ4v) is 2.67. The van der Waals surface area contributed by atoms with Crippen LogP contribution in [0.25, 0.3) is 0 Å². The lowest BCUT2D eigenvalue weighted by Crippen LogP contribution is -2.21. The van der Waals surface area contributed by atoms with E-state index in [1.165, 1.54) is 5.56 Å². The van der Waals surface area contributed by atoms with Gasteiger partial charge in [-0.3, -0.25) is 0 Å². The third kappa shape index (κ3) is 1.36. The molecule has 0 bridgehead atoms. The van der Waals surface area contributed by atoms with Crippen LogP contribution in [0.5, 0.6) is 0 Å². The van der Waals surface area contributed by atoms with E-state index in [4.69, 9.17) is 0 Å². The van der Waals surface area contributed by atoms with E-state index in [0.29, 0.717) is 0 Å². The molecule has 0 aromatic heterocycles. The zero-order valence-corrected chi connectivity index (χ0v) is 8.96. The van der Waals surface area contributed by atoms with E-state index in [-0.39, 0.29) is 11.5 Å². The van der Waals surface area contributed by atoms with Crippen LogP contribution in [0.3, 0.4) is 0 Å². The first-order chi connectivity index (χ1) is 6.67. The molecule has 0 spiro atoms. The average Bonchev–Trinajstić information content (AvgIpc) is 2.41. The van der Waals surface area contributed by atoms with Gasteiger partial charge in [0, 0.05) is 5.41 Å². The summed E-state index contributed by atoms with van der Waals surface area (Å²) in [7, 11) is 0. The van der Waals surface area contributed by atoms with E-state index in [1.807, 2.05) is 6.07 Å². The first kappa shape index (κ1) is 9.72. The summed E-state index contributed by atoms with van der Waals surface area (Å²) in [6.45, 7) is 4.38. The first-order valence-electron chi connectivity index (χ1n) is 5.43. The molecule has 1 heteroatoms. The molecular weight excluding hydrogens is 172 g/mol. The fourth-order valence-electron chi connectivity index (χ4n) is 2.67. The van der Waals surface area contributed by atoms with E-state index < -0.39 is 0 Å². The molecule has 2 rings (SSSR count). The summed E-state index contributed by atoms with van der Waals surface area (Å²) in [6, 6.07) is 8.27. The van der Waals surface area contributed by atoms with Gasteiger partial charge in [0.05, 0.1) is 6.10 Å². The Hall–Kier alpha value is -0.820. The van der Waals surface area contributed by atoms with Crippen molar-refractivity contribution >= 4 is 0 Å². The van der Waals surface area contributed by atoms with Crippen LogP contribution in [-0.4, -0.2) is 5.11 Å². The van der Waals surface area contributed by atoms with Crippen molar-refractivity contribution in [1.29, 1.82) is 0 Å². The van der Waals surface area contributed by atoms with Crippen molar-refractivity contribution in [3.8, 4) is 0 Å². The molecule has 0 aliphatic heterocycles. The van der Waals surface area contributed by atoms with Crippen LogP contribution in [0.1, 0.15) is 43.9 Å². The van der Waals surface area contributed by atoms with E-state index in [1.54, 1.807) is 0 Å². The number of hydrogen-bond donors (Lipinski definition) is 1. The van der Waals surface area contributed by atoms with Crippen molar-refractivity contribution in [1.82, 2.24) is 0 Å². The second-order valence-electron chi connectivity index (χ2n) is 4.68. The molecule has 0 amide bonds. The van der Waals surface area contributed by atoms with Crippen LogP contribution in [0, 0.1) is 5.41 Å². The van der Waals surface area contributed by atoms with Gasteiger partial charge in [0.2, 0.25) is 0 Å². The molecule has 14 heavy (non-hydrogen) atoms. The van der Waals surface area contributed by atoms with Crippen molar-refractivity contribution < 1.29 is 5.11 Å². The summed E-state index contributed by atoms with van der Waals surface area (Å²) in [5, 5.41) is 10.2. The average molecular weight is 190 g/mol. The second kappa shape index (κ2) is 3.39. The van der Waals surface area contributed by atoms with Gasteiger partial charge in [-0.1, -0.05) is 44.5 Å². The Labute approximate surface area is 85.8 Å². The van der Waals surface area contributed by atoms with Crippen LogP contribution >= 0.6 is 0 Å². The molecule has 1 nitrogen and oxygen atoms in total. The third-order valence-corrected chi connectivity index (χ3v) is 3.43. The van der Waals surface area contributed by atoms with E-state index in [0.717, 1.165) is 24.8 Å².